The minimum atomic E-state index is -1.55. The molecular weight excluding hydrogens is 464 g/mol. The van der Waals surface area contributed by atoms with Crippen LogP contribution < -0.4 is 0 Å². The Morgan fingerprint density at radius 3 is 2.36 bits per heavy atom. The van der Waals surface area contributed by atoms with Crippen LogP contribution in [0.4, 0.5) is 0 Å². The Morgan fingerprint density at radius 2 is 1.69 bits per heavy atom. The summed E-state index contributed by atoms with van der Waals surface area (Å²) in [4.78, 5) is 26.0. The van der Waals surface area contributed by atoms with Gasteiger partial charge in [0, 0.05) is 18.3 Å². The largest absolute Gasteiger partial charge is 0.429 e. The maximum Gasteiger partial charge on any atom is 0.311 e. The van der Waals surface area contributed by atoms with Crippen LogP contribution in [0.2, 0.25) is 0 Å². The molecule has 36 heavy (non-hydrogen) atoms. The van der Waals surface area contributed by atoms with E-state index in [1.807, 2.05) is 13.8 Å². The van der Waals surface area contributed by atoms with Crippen LogP contribution >= 0.6 is 0 Å². The fourth-order valence-electron chi connectivity index (χ4n) is 10.9. The van der Waals surface area contributed by atoms with Crippen LogP contribution in [0.3, 0.4) is 0 Å². The van der Waals surface area contributed by atoms with Crippen molar-refractivity contribution in [2.24, 2.45) is 46.3 Å². The molecule has 4 aliphatic carbocycles. The fourth-order valence-corrected chi connectivity index (χ4v) is 10.9. The molecule has 3 saturated heterocycles. The Labute approximate surface area is 212 Å². The van der Waals surface area contributed by atoms with Crippen molar-refractivity contribution in [2.45, 2.75) is 115 Å². The third-order valence-corrected chi connectivity index (χ3v) is 12.9. The van der Waals surface area contributed by atoms with E-state index >= 15 is 0 Å². The highest BCUT2D eigenvalue weighted by Gasteiger charge is 2.82. The molecule has 3 heterocycles. The molecule has 0 aromatic rings. The first-order chi connectivity index (χ1) is 16.8. The SMILES string of the molecule is CC1C(=O)OC2(OC3CC4C5CC6OC67C(O)CCC(=O)C7(C)C5CCC4(C)C3C(C)(O)C2O)C1C. The van der Waals surface area contributed by atoms with Crippen molar-refractivity contribution in [3.63, 3.8) is 0 Å². The number of ketones is 1. The van der Waals surface area contributed by atoms with E-state index in [1.165, 1.54) is 0 Å². The van der Waals surface area contributed by atoms with Crippen molar-refractivity contribution < 1.29 is 39.1 Å². The molecule has 0 aromatic heterocycles. The van der Waals surface area contributed by atoms with Gasteiger partial charge in [0.05, 0.1) is 29.6 Å². The molecule has 4 saturated carbocycles. The Hall–Kier alpha value is -1.06. The number of hydrogen-bond donors (Lipinski definition) is 3. The lowest BCUT2D eigenvalue weighted by Gasteiger charge is -2.60. The second-order valence-corrected chi connectivity index (χ2v) is 14.0. The van der Waals surface area contributed by atoms with Crippen LogP contribution in [-0.4, -0.2) is 68.5 Å². The zero-order chi connectivity index (χ0) is 25.8. The smallest absolute Gasteiger partial charge is 0.311 e. The van der Waals surface area contributed by atoms with E-state index in [0.29, 0.717) is 19.3 Å². The maximum absolute atomic E-state index is 13.5. The molecule has 15 atom stereocenters. The Balaban J connectivity index is 1.27. The number of hydrogen-bond acceptors (Lipinski definition) is 8. The summed E-state index contributed by atoms with van der Waals surface area (Å²) < 4.78 is 18.6. The van der Waals surface area contributed by atoms with Gasteiger partial charge in [0.2, 0.25) is 5.79 Å². The first-order valence-electron chi connectivity index (χ1n) is 14.0. The van der Waals surface area contributed by atoms with E-state index in [9.17, 15) is 24.9 Å². The fraction of sp³-hybridized carbons (Fsp3) is 0.929. The predicted molar refractivity (Wildman–Crippen MR) is 125 cm³/mol. The third-order valence-electron chi connectivity index (χ3n) is 12.9. The highest BCUT2D eigenvalue weighted by molar-refractivity contribution is 5.88. The number of ether oxygens (including phenoxy) is 3. The Bertz CT molecular complexity index is 1040. The van der Waals surface area contributed by atoms with Gasteiger partial charge in [-0.05, 0) is 69.1 Å². The van der Waals surface area contributed by atoms with Gasteiger partial charge >= 0.3 is 5.97 Å². The van der Waals surface area contributed by atoms with Gasteiger partial charge < -0.3 is 29.5 Å². The average Bonchev–Trinajstić information content (AvgIpc) is 3.42. The number of carbonyl (C=O) groups is 2. The number of Topliss-reactive ketones (excluding diaryl/α,β-unsaturated/α-hetero) is 1. The second kappa shape index (κ2) is 6.74. The topological polar surface area (TPSA) is 126 Å². The summed E-state index contributed by atoms with van der Waals surface area (Å²) in [6.45, 7) is 9.55. The molecule has 2 spiro atoms. The normalized spacial score (nSPS) is 65.2. The lowest BCUT2D eigenvalue weighted by molar-refractivity contribution is -0.368. The van der Waals surface area contributed by atoms with E-state index < -0.39 is 52.4 Å². The van der Waals surface area contributed by atoms with Crippen molar-refractivity contribution in [2.75, 3.05) is 0 Å². The average molecular weight is 505 g/mol. The van der Waals surface area contributed by atoms with Gasteiger partial charge in [-0.1, -0.05) is 20.8 Å². The number of carbonyl (C=O) groups excluding carboxylic acids is 2. The van der Waals surface area contributed by atoms with Crippen molar-refractivity contribution in [1.82, 2.24) is 0 Å². The van der Waals surface area contributed by atoms with Crippen LogP contribution in [0.25, 0.3) is 0 Å². The molecular formula is C28H40O8. The maximum atomic E-state index is 13.5. The summed E-state index contributed by atoms with van der Waals surface area (Å²) in [5, 5.41) is 34.5. The summed E-state index contributed by atoms with van der Waals surface area (Å²) >= 11 is 0. The number of fused-ring (bicyclic) bond motifs is 6. The van der Waals surface area contributed by atoms with E-state index in [-0.39, 0.29) is 47.1 Å². The second-order valence-electron chi connectivity index (χ2n) is 14.0. The zero-order valence-electron chi connectivity index (χ0n) is 21.9. The lowest BCUT2D eigenvalue weighted by Crippen LogP contribution is -2.71. The highest BCUT2D eigenvalue weighted by Crippen LogP contribution is 2.75. The van der Waals surface area contributed by atoms with Crippen LogP contribution in [0, 0.1) is 46.3 Å². The quantitative estimate of drug-likeness (QED) is 0.338. The first kappa shape index (κ1) is 24.0. The summed E-state index contributed by atoms with van der Waals surface area (Å²) in [7, 11) is 0. The first-order valence-corrected chi connectivity index (χ1v) is 14.0. The lowest BCUT2D eigenvalue weighted by atomic mass is 9.43. The minimum Gasteiger partial charge on any atom is -0.429 e. The molecule has 0 aromatic carbocycles. The zero-order valence-corrected chi connectivity index (χ0v) is 21.9. The number of aliphatic hydroxyl groups is 3. The molecule has 3 N–H and O–H groups in total. The molecule has 3 aliphatic heterocycles. The molecule has 7 aliphatic rings. The minimum absolute atomic E-state index is 0.101. The van der Waals surface area contributed by atoms with E-state index in [1.54, 1.807) is 13.8 Å². The molecule has 0 amide bonds. The number of esters is 1. The van der Waals surface area contributed by atoms with Gasteiger partial charge in [0.15, 0.2) is 0 Å². The monoisotopic (exact) mass is 504 g/mol. The van der Waals surface area contributed by atoms with Crippen LogP contribution in [-0.2, 0) is 23.8 Å². The number of epoxide rings is 1. The molecule has 7 rings (SSSR count). The van der Waals surface area contributed by atoms with Gasteiger partial charge in [0.1, 0.15) is 23.1 Å². The van der Waals surface area contributed by atoms with E-state index in [4.69, 9.17) is 14.2 Å². The Kier molecular flexibility index (Phi) is 4.49. The van der Waals surface area contributed by atoms with Gasteiger partial charge in [-0.15, -0.1) is 0 Å². The van der Waals surface area contributed by atoms with Gasteiger partial charge in [-0.2, -0.15) is 0 Å². The number of aliphatic hydroxyl groups excluding tert-OH is 2. The molecule has 0 bridgehead atoms. The summed E-state index contributed by atoms with van der Waals surface area (Å²) in [6.07, 6.45) is 1.48. The third kappa shape index (κ3) is 2.34. The molecule has 7 fully saturated rings. The summed E-state index contributed by atoms with van der Waals surface area (Å²) in [5.41, 5.74) is -3.26. The molecule has 15 unspecified atom stereocenters. The molecule has 0 radical (unpaired) electrons. The molecule has 200 valence electrons. The van der Waals surface area contributed by atoms with Crippen molar-refractivity contribution in [3.8, 4) is 0 Å². The van der Waals surface area contributed by atoms with Gasteiger partial charge in [0.25, 0.3) is 0 Å². The number of rotatable bonds is 0. The van der Waals surface area contributed by atoms with Gasteiger partial charge in [-0.3, -0.25) is 9.59 Å². The Morgan fingerprint density at radius 1 is 0.972 bits per heavy atom. The van der Waals surface area contributed by atoms with Crippen LogP contribution in [0.15, 0.2) is 0 Å². The highest BCUT2D eigenvalue weighted by atomic mass is 16.7. The van der Waals surface area contributed by atoms with Crippen LogP contribution in [0.5, 0.6) is 0 Å². The standard InChI is InChI=1S/C28H40O8/c1-12-13(2)28(36-22(12)31)23(32)26(5,33)21-17(34-28)11-16-14-10-20-27(35-20)19(30)7-6-18(29)25(27,4)15(14)8-9-24(16,21)3/h12-17,19-21,23,30,32-33H,6-11H2,1-5H3. The predicted octanol–water partition coefficient (Wildman–Crippen LogP) is 1.96. The van der Waals surface area contributed by atoms with Gasteiger partial charge in [-0.25, -0.2) is 0 Å². The van der Waals surface area contributed by atoms with Crippen molar-refractivity contribution in [3.05, 3.63) is 0 Å². The molecule has 8 nitrogen and oxygen atoms in total. The van der Waals surface area contributed by atoms with Crippen molar-refractivity contribution >= 4 is 11.8 Å². The summed E-state index contributed by atoms with van der Waals surface area (Å²) in [6, 6.07) is 0. The van der Waals surface area contributed by atoms with Crippen LogP contribution in [0.1, 0.15) is 73.1 Å². The van der Waals surface area contributed by atoms with E-state index in [2.05, 4.69) is 6.92 Å². The molecule has 8 heteroatoms. The van der Waals surface area contributed by atoms with Crippen molar-refractivity contribution in [1.29, 1.82) is 0 Å². The van der Waals surface area contributed by atoms with E-state index in [0.717, 1.165) is 19.3 Å². The summed E-state index contributed by atoms with van der Waals surface area (Å²) in [5.74, 6) is -2.45.